The van der Waals surface area contributed by atoms with Crippen molar-refractivity contribution in [1.82, 2.24) is 25.4 Å². The molecule has 1 saturated carbocycles. The van der Waals surface area contributed by atoms with Gasteiger partial charge in [-0.25, -0.2) is 9.78 Å². The van der Waals surface area contributed by atoms with Gasteiger partial charge >= 0.3 is 12.3 Å². The smallest absolute Gasteiger partial charge is 0.418 e. The molecular weight excluding hydrogens is 499 g/mol. The van der Waals surface area contributed by atoms with E-state index in [1.165, 1.54) is 23.3 Å². The zero-order chi connectivity index (χ0) is 24.5. The van der Waals surface area contributed by atoms with E-state index in [9.17, 15) is 22.8 Å². The first kappa shape index (κ1) is 24.1. The number of aromatic nitrogens is 3. The highest BCUT2D eigenvalue weighted by molar-refractivity contribution is 7.17. The van der Waals surface area contributed by atoms with Crippen LogP contribution in [-0.4, -0.2) is 52.6 Å². The number of ether oxygens (including phenoxy) is 2. The van der Waals surface area contributed by atoms with E-state index in [1.54, 1.807) is 6.20 Å². The van der Waals surface area contributed by atoms with Gasteiger partial charge in [-0.15, -0.1) is 11.3 Å². The van der Waals surface area contributed by atoms with E-state index in [0.29, 0.717) is 24.4 Å². The van der Waals surface area contributed by atoms with Crippen molar-refractivity contribution >= 4 is 45.2 Å². The summed E-state index contributed by atoms with van der Waals surface area (Å²) in [5.41, 5.74) is -0.930. The quantitative estimate of drug-likeness (QED) is 0.493. The van der Waals surface area contributed by atoms with Crippen molar-refractivity contribution in [3.8, 4) is 5.88 Å². The second kappa shape index (κ2) is 9.66. The second-order valence-corrected chi connectivity index (χ2v) is 8.84. The van der Waals surface area contributed by atoms with Crippen LogP contribution in [0.1, 0.15) is 28.8 Å². The summed E-state index contributed by atoms with van der Waals surface area (Å²) in [7, 11) is 1.39. The lowest BCUT2D eigenvalue weighted by atomic mass is 9.89. The number of hydrogen-bond donors (Lipinski definition) is 2. The van der Waals surface area contributed by atoms with Crippen molar-refractivity contribution in [3.05, 3.63) is 40.0 Å². The predicted octanol–water partition coefficient (Wildman–Crippen LogP) is 3.86. The lowest BCUT2D eigenvalue weighted by molar-refractivity contribution is -0.136. The first-order valence-electron chi connectivity index (χ1n) is 10.1. The molecule has 0 spiro atoms. The number of nitrogens with zero attached hydrogens (tertiary/aromatic N) is 3. The fraction of sp³-hybridized carbons (Fsp3) is 0.400. The van der Waals surface area contributed by atoms with E-state index in [4.69, 9.17) is 21.1 Å². The topological polar surface area (TPSA) is 107 Å². The van der Waals surface area contributed by atoms with E-state index >= 15 is 0 Å². The van der Waals surface area contributed by atoms with Gasteiger partial charge in [0.05, 0.1) is 39.1 Å². The molecule has 182 valence electrons. The zero-order valence-corrected chi connectivity index (χ0v) is 19.3. The molecule has 3 aromatic heterocycles. The Morgan fingerprint density at radius 2 is 2.12 bits per heavy atom. The number of amides is 2. The highest BCUT2D eigenvalue weighted by Gasteiger charge is 2.37. The van der Waals surface area contributed by atoms with Gasteiger partial charge in [0.25, 0.3) is 5.91 Å². The molecule has 1 aliphatic carbocycles. The molecule has 0 bridgehead atoms. The summed E-state index contributed by atoms with van der Waals surface area (Å²) < 4.78 is 52.9. The summed E-state index contributed by atoms with van der Waals surface area (Å²) in [6, 6.07) is 0.591. The first-order chi connectivity index (χ1) is 16.1. The van der Waals surface area contributed by atoms with Crippen molar-refractivity contribution in [2.45, 2.75) is 37.7 Å². The Hall–Kier alpha value is -3.06. The second-order valence-electron chi connectivity index (χ2n) is 7.52. The number of nitrogens with one attached hydrogen (secondary N) is 2. The monoisotopic (exact) mass is 517 g/mol. The summed E-state index contributed by atoms with van der Waals surface area (Å²) >= 11 is 6.56. The molecule has 3 heterocycles. The fourth-order valence-electron chi connectivity index (χ4n) is 3.40. The zero-order valence-electron chi connectivity index (χ0n) is 17.7. The lowest BCUT2D eigenvalue weighted by Gasteiger charge is -2.35. The normalized spacial score (nSPS) is 17.8. The summed E-state index contributed by atoms with van der Waals surface area (Å²) in [5.74, 6) is -0.765. The molecule has 4 rings (SSSR count). The maximum atomic E-state index is 13.6. The predicted molar refractivity (Wildman–Crippen MR) is 117 cm³/mol. The van der Waals surface area contributed by atoms with E-state index in [-0.39, 0.29) is 34.3 Å². The molecule has 0 radical (unpaired) electrons. The van der Waals surface area contributed by atoms with Gasteiger partial charge in [-0.1, -0.05) is 11.6 Å². The molecule has 0 aromatic carbocycles. The number of fused-ring (bicyclic) bond motifs is 1. The molecule has 14 heteroatoms. The van der Waals surface area contributed by atoms with Crippen LogP contribution in [0.25, 0.3) is 10.2 Å². The van der Waals surface area contributed by atoms with Crippen LogP contribution in [0.2, 0.25) is 5.02 Å². The number of alkyl halides is 3. The standard InChI is InChI=1S/C20H19ClF3N5O4S/c1-25-18(30)13-9-34-17-14(20(22,23)24)6-15(28-16(13)17)33-12-4-11(5-12)27-19(31)32-3-2-29-8-10(21)7-26-29/h6-9,11-12H,2-5H2,1H3,(H,25,30)(H,27,31). The minimum Gasteiger partial charge on any atom is -0.474 e. The van der Waals surface area contributed by atoms with Gasteiger partial charge in [0.15, 0.2) is 0 Å². The fourth-order valence-corrected chi connectivity index (χ4v) is 4.58. The van der Waals surface area contributed by atoms with E-state index in [0.717, 1.165) is 17.4 Å². The molecule has 2 amide bonds. The van der Waals surface area contributed by atoms with Crippen LogP contribution in [0.3, 0.4) is 0 Å². The van der Waals surface area contributed by atoms with Crippen molar-refractivity contribution < 1.29 is 32.2 Å². The number of carbonyl (C=O) groups excluding carboxylic acids is 2. The van der Waals surface area contributed by atoms with Crippen LogP contribution in [0.4, 0.5) is 18.0 Å². The summed E-state index contributed by atoms with van der Waals surface area (Å²) in [6.07, 6.45) is -1.89. The van der Waals surface area contributed by atoms with E-state index < -0.39 is 29.8 Å². The number of pyridine rings is 1. The van der Waals surface area contributed by atoms with E-state index in [1.807, 2.05) is 0 Å². The lowest BCUT2D eigenvalue weighted by Crippen LogP contribution is -2.49. The number of thiophene rings is 1. The average Bonchev–Trinajstić information content (AvgIpc) is 3.36. The van der Waals surface area contributed by atoms with Gasteiger partial charge in [0.2, 0.25) is 5.88 Å². The molecule has 0 aliphatic heterocycles. The Morgan fingerprint density at radius 1 is 1.35 bits per heavy atom. The molecule has 0 saturated heterocycles. The highest BCUT2D eigenvalue weighted by atomic mass is 35.5. The minimum atomic E-state index is -4.64. The average molecular weight is 518 g/mol. The summed E-state index contributed by atoms with van der Waals surface area (Å²) in [5, 5.41) is 10.8. The molecular formula is C20H19ClF3N5O4S. The van der Waals surface area contributed by atoms with Crippen LogP contribution in [-0.2, 0) is 17.5 Å². The van der Waals surface area contributed by atoms with Gasteiger partial charge in [0.1, 0.15) is 12.7 Å². The third-order valence-corrected chi connectivity index (χ3v) is 6.33. The van der Waals surface area contributed by atoms with Crippen molar-refractivity contribution in [3.63, 3.8) is 0 Å². The van der Waals surface area contributed by atoms with Gasteiger partial charge < -0.3 is 20.1 Å². The molecule has 1 fully saturated rings. The number of hydrogen-bond acceptors (Lipinski definition) is 7. The number of rotatable bonds is 7. The first-order valence-corrected chi connectivity index (χ1v) is 11.4. The third kappa shape index (κ3) is 5.36. The highest BCUT2D eigenvalue weighted by Crippen LogP contribution is 2.40. The largest absolute Gasteiger partial charge is 0.474 e. The van der Waals surface area contributed by atoms with Crippen LogP contribution in [0.15, 0.2) is 23.8 Å². The van der Waals surface area contributed by atoms with Gasteiger partial charge in [-0.2, -0.15) is 18.3 Å². The van der Waals surface area contributed by atoms with Gasteiger partial charge in [-0.3, -0.25) is 9.48 Å². The van der Waals surface area contributed by atoms with Gasteiger partial charge in [-0.05, 0) is 0 Å². The molecule has 0 unspecified atom stereocenters. The van der Waals surface area contributed by atoms with Crippen LogP contribution < -0.4 is 15.4 Å². The Bertz CT molecular complexity index is 1210. The number of halogens is 4. The van der Waals surface area contributed by atoms with Crippen molar-refractivity contribution in [1.29, 1.82) is 0 Å². The Labute approximate surface area is 200 Å². The molecule has 9 nitrogen and oxygen atoms in total. The maximum Gasteiger partial charge on any atom is 0.418 e. The Morgan fingerprint density at radius 3 is 2.76 bits per heavy atom. The Balaban J connectivity index is 1.33. The summed E-state index contributed by atoms with van der Waals surface area (Å²) in [6.45, 7) is 0.432. The number of alkyl carbamates (subject to hydrolysis) is 1. The summed E-state index contributed by atoms with van der Waals surface area (Å²) in [4.78, 5) is 28.1. The van der Waals surface area contributed by atoms with Gasteiger partial charge in [0, 0.05) is 43.6 Å². The molecule has 2 N–H and O–H groups in total. The molecule has 34 heavy (non-hydrogen) atoms. The molecule has 0 atom stereocenters. The molecule has 3 aromatic rings. The van der Waals surface area contributed by atoms with E-state index in [2.05, 4.69) is 20.7 Å². The maximum absolute atomic E-state index is 13.6. The Kier molecular flexibility index (Phi) is 6.84. The van der Waals surface area contributed by atoms with Crippen LogP contribution in [0.5, 0.6) is 5.88 Å². The van der Waals surface area contributed by atoms with Crippen molar-refractivity contribution in [2.24, 2.45) is 0 Å². The SMILES string of the molecule is CNC(=O)c1csc2c(C(F)(F)F)cc(OC3CC(NC(=O)OCCn4cc(Cl)cn4)C3)nc12. The third-order valence-electron chi connectivity index (χ3n) is 5.14. The minimum absolute atomic E-state index is 0.0479. The number of carbonyl (C=O) groups is 2. The van der Waals surface area contributed by atoms with Crippen molar-refractivity contribution in [2.75, 3.05) is 13.7 Å². The molecule has 1 aliphatic rings. The van der Waals surface area contributed by atoms with Crippen LogP contribution >= 0.6 is 22.9 Å². The van der Waals surface area contributed by atoms with Crippen LogP contribution in [0, 0.1) is 0 Å².